The van der Waals surface area contributed by atoms with Crippen LogP contribution in [0.25, 0.3) is 0 Å². The summed E-state index contributed by atoms with van der Waals surface area (Å²) in [6, 6.07) is 5.63. The minimum Gasteiger partial charge on any atom is -0.478 e. The number of nitrogens with two attached hydrogens (primary N) is 1. The number of benzene rings is 1. The van der Waals surface area contributed by atoms with Gasteiger partial charge in [-0.2, -0.15) is 0 Å². The summed E-state index contributed by atoms with van der Waals surface area (Å²) in [5, 5.41) is 9.15. The molecule has 1 saturated heterocycles. The highest BCUT2D eigenvalue weighted by atomic mass is 16.4. The molecule has 1 heterocycles. The summed E-state index contributed by atoms with van der Waals surface area (Å²) in [7, 11) is 2.12. The average Bonchev–Trinajstić information content (AvgIpc) is 2.50. The molecule has 0 spiro atoms. The number of nitrogens with zero attached hydrogens (tertiary/aromatic N) is 2. The molecule has 1 atom stereocenters. The van der Waals surface area contributed by atoms with Gasteiger partial charge in [-0.1, -0.05) is 0 Å². The maximum absolute atomic E-state index is 11.2. The lowest BCUT2D eigenvalue weighted by atomic mass is 10.1. The predicted molar refractivity (Wildman–Crippen MR) is 76.7 cm³/mol. The van der Waals surface area contributed by atoms with E-state index >= 15 is 0 Å². The Hall–Kier alpha value is -1.75. The third-order valence-corrected chi connectivity index (χ3v) is 3.65. The van der Waals surface area contributed by atoms with E-state index in [9.17, 15) is 4.79 Å². The predicted octanol–water partition coefficient (Wildman–Crippen LogP) is 1.50. The summed E-state index contributed by atoms with van der Waals surface area (Å²) >= 11 is 0. The lowest BCUT2D eigenvalue weighted by Crippen LogP contribution is -2.38. The monoisotopic (exact) mass is 263 g/mol. The third kappa shape index (κ3) is 2.98. The number of hydrogen-bond donors (Lipinski definition) is 2. The standard InChI is InChI=1S/C14H21N3O2/c1-10-9-16(2)6-3-7-17(10)11-4-5-13(15)12(8-11)14(18)19/h4-5,8,10H,3,6-7,9,15H2,1-2H3,(H,18,19). The molecule has 1 unspecified atom stereocenters. The molecule has 0 aliphatic carbocycles. The van der Waals surface area contributed by atoms with Gasteiger partial charge in [0.15, 0.2) is 0 Å². The fourth-order valence-corrected chi connectivity index (χ4v) is 2.66. The van der Waals surface area contributed by atoms with Gasteiger partial charge in [-0.25, -0.2) is 4.79 Å². The Morgan fingerprint density at radius 1 is 1.42 bits per heavy atom. The van der Waals surface area contributed by atoms with E-state index in [1.54, 1.807) is 12.1 Å². The quantitative estimate of drug-likeness (QED) is 0.791. The highest BCUT2D eigenvalue weighted by Crippen LogP contribution is 2.24. The van der Waals surface area contributed by atoms with Crippen LogP contribution in [0.4, 0.5) is 11.4 Å². The lowest BCUT2D eigenvalue weighted by molar-refractivity contribution is 0.0698. The molecule has 0 amide bonds. The second kappa shape index (κ2) is 5.48. The van der Waals surface area contributed by atoms with Crippen molar-refractivity contribution in [3.8, 4) is 0 Å². The zero-order valence-corrected chi connectivity index (χ0v) is 11.5. The number of rotatable bonds is 2. The first-order chi connectivity index (χ1) is 8.99. The van der Waals surface area contributed by atoms with Crippen molar-refractivity contribution in [3.05, 3.63) is 23.8 Å². The van der Waals surface area contributed by atoms with Gasteiger partial charge in [-0.15, -0.1) is 0 Å². The van der Waals surface area contributed by atoms with Crippen molar-refractivity contribution in [1.82, 2.24) is 4.90 Å². The number of hydrogen-bond acceptors (Lipinski definition) is 4. The molecular formula is C14H21N3O2. The molecule has 0 radical (unpaired) electrons. The molecule has 1 aromatic carbocycles. The molecule has 0 saturated carbocycles. The summed E-state index contributed by atoms with van der Waals surface area (Å²) < 4.78 is 0. The van der Waals surface area contributed by atoms with Crippen LogP contribution in [-0.2, 0) is 0 Å². The molecule has 5 heteroatoms. The zero-order valence-electron chi connectivity index (χ0n) is 11.5. The van der Waals surface area contributed by atoms with Crippen LogP contribution >= 0.6 is 0 Å². The van der Waals surface area contributed by atoms with E-state index in [1.165, 1.54) is 0 Å². The normalized spacial score (nSPS) is 21.2. The van der Waals surface area contributed by atoms with Crippen molar-refractivity contribution in [2.24, 2.45) is 0 Å². The smallest absolute Gasteiger partial charge is 0.337 e. The molecule has 19 heavy (non-hydrogen) atoms. The van der Waals surface area contributed by atoms with Crippen LogP contribution in [0.2, 0.25) is 0 Å². The first kappa shape index (κ1) is 13.7. The number of carboxylic acid groups (broad SMARTS) is 1. The van der Waals surface area contributed by atoms with Gasteiger partial charge in [0, 0.05) is 30.5 Å². The fourth-order valence-electron chi connectivity index (χ4n) is 2.66. The first-order valence-electron chi connectivity index (χ1n) is 6.57. The topological polar surface area (TPSA) is 69.8 Å². The van der Waals surface area contributed by atoms with Crippen molar-refractivity contribution in [2.45, 2.75) is 19.4 Å². The molecule has 3 N–H and O–H groups in total. The molecule has 1 fully saturated rings. The number of anilines is 2. The molecule has 0 bridgehead atoms. The van der Waals surface area contributed by atoms with E-state index in [1.807, 2.05) is 6.07 Å². The van der Waals surface area contributed by atoms with Crippen LogP contribution in [0.3, 0.4) is 0 Å². The maximum Gasteiger partial charge on any atom is 0.337 e. The Bertz CT molecular complexity index is 476. The Morgan fingerprint density at radius 2 is 2.16 bits per heavy atom. The van der Waals surface area contributed by atoms with E-state index in [0.717, 1.165) is 31.7 Å². The summed E-state index contributed by atoms with van der Waals surface area (Å²) in [5.41, 5.74) is 7.14. The highest BCUT2D eigenvalue weighted by molar-refractivity contribution is 5.94. The fraction of sp³-hybridized carbons (Fsp3) is 0.500. The van der Waals surface area contributed by atoms with Gasteiger partial charge in [0.25, 0.3) is 0 Å². The van der Waals surface area contributed by atoms with Gasteiger partial charge in [0.05, 0.1) is 5.56 Å². The molecule has 104 valence electrons. The van der Waals surface area contributed by atoms with Crippen LogP contribution in [0, 0.1) is 0 Å². The number of nitrogen functional groups attached to an aromatic ring is 1. The molecular weight excluding hydrogens is 242 g/mol. The minimum absolute atomic E-state index is 0.183. The Kier molecular flexibility index (Phi) is 3.95. The van der Waals surface area contributed by atoms with E-state index in [-0.39, 0.29) is 5.56 Å². The van der Waals surface area contributed by atoms with Gasteiger partial charge in [0.1, 0.15) is 0 Å². The molecule has 1 aliphatic heterocycles. The van der Waals surface area contributed by atoms with E-state index in [4.69, 9.17) is 10.8 Å². The minimum atomic E-state index is -0.973. The van der Waals surface area contributed by atoms with Gasteiger partial charge in [-0.3, -0.25) is 0 Å². The summed E-state index contributed by atoms with van der Waals surface area (Å²) in [4.78, 5) is 15.7. The Balaban J connectivity index is 2.30. The van der Waals surface area contributed by atoms with Gasteiger partial charge in [-0.05, 0) is 45.1 Å². The highest BCUT2D eigenvalue weighted by Gasteiger charge is 2.21. The second-order valence-electron chi connectivity index (χ2n) is 5.23. The molecule has 0 aromatic heterocycles. The van der Waals surface area contributed by atoms with Crippen LogP contribution < -0.4 is 10.6 Å². The SMILES string of the molecule is CC1CN(C)CCCN1c1ccc(N)c(C(=O)O)c1. The second-order valence-corrected chi connectivity index (χ2v) is 5.23. The molecule has 1 aromatic rings. The summed E-state index contributed by atoms with van der Waals surface area (Å²) in [6.07, 6.45) is 1.08. The van der Waals surface area contributed by atoms with E-state index in [0.29, 0.717) is 11.7 Å². The number of likely N-dealkylation sites (N-methyl/N-ethyl adjacent to an activating group) is 1. The average molecular weight is 263 g/mol. The third-order valence-electron chi connectivity index (χ3n) is 3.65. The van der Waals surface area contributed by atoms with Crippen LogP contribution in [0.1, 0.15) is 23.7 Å². The first-order valence-corrected chi connectivity index (χ1v) is 6.57. The Morgan fingerprint density at radius 3 is 2.84 bits per heavy atom. The number of aromatic carboxylic acids is 1. The number of carboxylic acids is 1. The summed E-state index contributed by atoms with van der Waals surface area (Å²) in [5.74, 6) is -0.973. The summed E-state index contributed by atoms with van der Waals surface area (Å²) in [6.45, 7) is 5.15. The van der Waals surface area contributed by atoms with Crippen molar-refractivity contribution < 1.29 is 9.90 Å². The van der Waals surface area contributed by atoms with Crippen LogP contribution in [0.5, 0.6) is 0 Å². The molecule has 2 rings (SSSR count). The van der Waals surface area contributed by atoms with Crippen molar-refractivity contribution in [1.29, 1.82) is 0 Å². The van der Waals surface area contributed by atoms with Gasteiger partial charge < -0.3 is 20.6 Å². The van der Waals surface area contributed by atoms with Crippen molar-refractivity contribution in [2.75, 3.05) is 37.3 Å². The van der Waals surface area contributed by atoms with Crippen molar-refractivity contribution in [3.63, 3.8) is 0 Å². The van der Waals surface area contributed by atoms with E-state index in [2.05, 4.69) is 23.8 Å². The maximum atomic E-state index is 11.2. The zero-order chi connectivity index (χ0) is 14.0. The molecule has 5 nitrogen and oxygen atoms in total. The van der Waals surface area contributed by atoms with Crippen LogP contribution in [-0.4, -0.2) is 48.7 Å². The largest absolute Gasteiger partial charge is 0.478 e. The van der Waals surface area contributed by atoms with Gasteiger partial charge >= 0.3 is 5.97 Å². The number of carbonyl (C=O) groups is 1. The van der Waals surface area contributed by atoms with Gasteiger partial charge in [0.2, 0.25) is 0 Å². The Labute approximate surface area is 113 Å². The van der Waals surface area contributed by atoms with Crippen molar-refractivity contribution >= 4 is 17.3 Å². The van der Waals surface area contributed by atoms with Crippen LogP contribution in [0.15, 0.2) is 18.2 Å². The van der Waals surface area contributed by atoms with E-state index < -0.39 is 5.97 Å². The lowest BCUT2D eigenvalue weighted by Gasteiger charge is -2.30. The molecule has 1 aliphatic rings.